The van der Waals surface area contributed by atoms with Crippen LogP contribution in [0, 0.1) is 0 Å². The molecule has 126 heavy (non-hydrogen) atoms. The minimum Gasteiger partial charge on any atom is -0.444 e. The molecule has 664 valence electrons. The quantitative estimate of drug-likeness (QED) is 0.0696. The van der Waals surface area contributed by atoms with Crippen molar-refractivity contribution in [3.8, 4) is 23.8 Å². The third kappa shape index (κ3) is 19.7. The summed E-state index contributed by atoms with van der Waals surface area (Å²) in [5.41, 5.74) is 3.18. The fraction of sp³-hybridized carbons (Fsp3) is 0.450. The number of fused-ring (bicyclic) bond motifs is 4. The van der Waals surface area contributed by atoms with Gasteiger partial charge in [0, 0.05) is 131 Å². The number of ether oxygens (including phenoxy) is 5. The van der Waals surface area contributed by atoms with Gasteiger partial charge in [-0.25, -0.2) is 59.9 Å². The van der Waals surface area contributed by atoms with E-state index in [4.69, 9.17) is 40.3 Å². The number of amides is 2. The lowest BCUT2D eigenvalue weighted by Gasteiger charge is -2.36. The smallest absolute Gasteiger partial charge is 0.410 e. The number of hydrogen-bond acceptors (Lipinski definition) is 31. The lowest BCUT2D eigenvalue weighted by atomic mass is 10.2. The summed E-state index contributed by atoms with van der Waals surface area (Å²) in [4.78, 5) is 112. The first-order chi connectivity index (χ1) is 61.1. The molecule has 4 aromatic carbocycles. The Balaban J connectivity index is 0.000000125. The summed E-state index contributed by atoms with van der Waals surface area (Å²) in [6.45, 7) is 24.9. The number of rotatable bonds is 16. The van der Waals surface area contributed by atoms with E-state index in [1.807, 2.05) is 55.1 Å². The maximum absolute atomic E-state index is 14.1. The maximum Gasteiger partial charge on any atom is 0.410 e. The van der Waals surface area contributed by atoms with Crippen molar-refractivity contribution in [3.63, 3.8) is 0 Å². The van der Waals surface area contributed by atoms with Crippen molar-refractivity contribution in [2.45, 2.75) is 52.1 Å². The Labute approximate surface area is 720 Å². The highest BCUT2D eigenvalue weighted by molar-refractivity contribution is 6.28. The van der Waals surface area contributed by atoms with Crippen molar-refractivity contribution in [1.29, 1.82) is 0 Å². The average Bonchev–Trinajstić information content (AvgIpc) is 1.61. The molecule has 0 aliphatic carbocycles. The van der Waals surface area contributed by atoms with Gasteiger partial charge in [-0.15, -0.1) is 0 Å². The molecule has 7 saturated heterocycles. The standard InChI is InChI=1S/C24H30F2N8O3.C22H24F2N8O2.C19H22F2N8O.C15H13ClF2N6O/c1-24(2,3)37-23(35)33-10-8-31(9-11-33)20-28-21(32-12-14-36-15-13-32)30-22(29-20)34-17-7-5-4-6-16(17)27-19(34)18(25)26;1-2-17(33)29-7-9-30(10-8-29)20-26-21(31-11-13-34-14-12-31)28-22(27-20)32-16-6-4-3-5-15(16)25-19(32)18(23)24;20-15(21)16-23-13-3-1-2-4-14(13)29(16)19-25-17(27-7-5-22-6-8-27)24-18(26-19)28-9-11-30-12-10-28;16-13-20-14(23-5-7-25-8-6-23)22-15(21-13)24-10-4-2-1-3-9(10)19-12(24)11(17)18/h4-7,18H,8-15H2,1-3H3;2-6,18H,1,7-14H2;1-4,15,22H,5-12H2;1-4,11H,5-8H2. The Morgan fingerprint density at radius 3 is 0.865 bits per heavy atom. The number of benzene rings is 4. The zero-order chi connectivity index (χ0) is 87.7. The van der Waals surface area contributed by atoms with Gasteiger partial charge in [0.05, 0.1) is 97.0 Å². The second kappa shape index (κ2) is 38.9. The van der Waals surface area contributed by atoms with Crippen LogP contribution < -0.4 is 39.6 Å². The summed E-state index contributed by atoms with van der Waals surface area (Å²) in [5, 5.41) is 3.23. The monoisotopic (exact) mass is 1770 g/mol. The van der Waals surface area contributed by atoms with Gasteiger partial charge in [0.2, 0.25) is 76.6 Å². The molecular weight excluding hydrogens is 1680 g/mol. The van der Waals surface area contributed by atoms with Crippen LogP contribution >= 0.6 is 11.6 Å². The van der Waals surface area contributed by atoms with Gasteiger partial charge < -0.3 is 73.1 Å². The van der Waals surface area contributed by atoms with E-state index in [9.17, 15) is 44.7 Å². The molecule has 0 unspecified atom stereocenters. The predicted molar refractivity (Wildman–Crippen MR) is 449 cm³/mol. The van der Waals surface area contributed by atoms with Crippen molar-refractivity contribution in [2.75, 3.05) is 218 Å². The number of anilines is 7. The third-order valence-corrected chi connectivity index (χ3v) is 21.3. The van der Waals surface area contributed by atoms with Crippen molar-refractivity contribution in [3.05, 3.63) is 138 Å². The number of nitrogens with zero attached hydrogens (tertiary/aromatic N) is 29. The van der Waals surface area contributed by atoms with Crippen LogP contribution in [-0.2, 0) is 28.5 Å². The minimum atomic E-state index is -2.82. The van der Waals surface area contributed by atoms with Gasteiger partial charge in [0.25, 0.3) is 25.7 Å². The van der Waals surface area contributed by atoms with Crippen LogP contribution in [0.15, 0.2) is 110 Å². The van der Waals surface area contributed by atoms with Crippen LogP contribution in [0.4, 0.5) is 81.6 Å². The summed E-state index contributed by atoms with van der Waals surface area (Å²) in [7, 11) is 0. The van der Waals surface area contributed by atoms with E-state index in [2.05, 4.69) is 86.7 Å². The normalized spacial score (nSPS) is 16.9. The number of morpholine rings is 4. The number of piperazine rings is 3. The molecule has 0 atom stereocenters. The average molecular weight is 1770 g/mol. The molecule has 2 amide bonds. The van der Waals surface area contributed by atoms with E-state index in [1.54, 1.807) is 107 Å². The zero-order valence-electron chi connectivity index (χ0n) is 68.9. The molecule has 0 bridgehead atoms. The van der Waals surface area contributed by atoms with E-state index < -0.39 is 48.8 Å². The highest BCUT2D eigenvalue weighted by Gasteiger charge is 2.35. The van der Waals surface area contributed by atoms with Gasteiger partial charge in [-0.2, -0.15) is 59.8 Å². The summed E-state index contributed by atoms with van der Waals surface area (Å²) < 4.78 is 143. The van der Waals surface area contributed by atoms with Gasteiger partial charge in [-0.05, 0) is 87.0 Å². The Morgan fingerprint density at radius 1 is 0.349 bits per heavy atom. The van der Waals surface area contributed by atoms with E-state index in [-0.39, 0.29) is 46.9 Å². The van der Waals surface area contributed by atoms with Crippen molar-refractivity contribution < 1.29 is 68.4 Å². The molecule has 0 radical (unpaired) electrons. The molecule has 0 spiro atoms. The Hall–Kier alpha value is -12.6. The van der Waals surface area contributed by atoms with E-state index >= 15 is 0 Å². The number of alkyl halides is 8. The van der Waals surface area contributed by atoms with Crippen molar-refractivity contribution in [2.24, 2.45) is 0 Å². The number of hydrogen-bond donors (Lipinski definition) is 1. The largest absolute Gasteiger partial charge is 0.444 e. The van der Waals surface area contributed by atoms with Gasteiger partial charge in [-0.3, -0.25) is 23.1 Å². The first-order valence-corrected chi connectivity index (χ1v) is 41.3. The zero-order valence-corrected chi connectivity index (χ0v) is 69.6. The minimum absolute atomic E-state index is 0.0190. The molecule has 46 heteroatoms. The molecule has 7 fully saturated rings. The van der Waals surface area contributed by atoms with E-state index in [1.165, 1.54) is 24.3 Å². The lowest BCUT2D eigenvalue weighted by molar-refractivity contribution is -0.126. The van der Waals surface area contributed by atoms with Crippen LogP contribution in [0.2, 0.25) is 5.28 Å². The van der Waals surface area contributed by atoms with Gasteiger partial charge in [0.15, 0.2) is 23.3 Å². The molecule has 15 heterocycles. The second-order valence-corrected chi connectivity index (χ2v) is 30.7. The van der Waals surface area contributed by atoms with Gasteiger partial charge >= 0.3 is 6.09 Å². The summed E-state index contributed by atoms with van der Waals surface area (Å²) >= 11 is 6.03. The number of carbonyl (C=O) groups excluding carboxylic acids is 2. The molecule has 19 rings (SSSR count). The second-order valence-electron chi connectivity index (χ2n) is 30.4. The molecular formula is C80H89ClF8N30O7. The van der Waals surface area contributed by atoms with Crippen LogP contribution in [0.1, 0.15) is 69.8 Å². The first kappa shape index (κ1) is 86.9. The first-order valence-electron chi connectivity index (χ1n) is 41.0. The fourth-order valence-corrected chi connectivity index (χ4v) is 15.1. The molecule has 7 aliphatic rings. The fourth-order valence-electron chi connectivity index (χ4n) is 14.9. The van der Waals surface area contributed by atoms with E-state index in [0.29, 0.717) is 243 Å². The Kier molecular flexibility index (Phi) is 26.8. The predicted octanol–water partition coefficient (Wildman–Crippen LogP) is 8.89. The van der Waals surface area contributed by atoms with Gasteiger partial charge in [-0.1, -0.05) is 55.1 Å². The summed E-state index contributed by atoms with van der Waals surface area (Å²) in [6.07, 6.45) is -10.3. The maximum atomic E-state index is 14.1. The van der Waals surface area contributed by atoms with Crippen LogP contribution in [0.25, 0.3) is 67.9 Å². The molecule has 8 aromatic heterocycles. The number of para-hydroxylation sites is 8. The van der Waals surface area contributed by atoms with E-state index in [0.717, 1.165) is 26.2 Å². The SMILES string of the molecule is C=CC(=O)N1CCN(c2nc(N3CCOCC3)nc(-n3c(C(F)F)nc4ccccc43)n2)CC1.CC(C)(C)OC(=O)N1CCN(c2nc(N3CCOCC3)nc(-n3c(C(F)F)nc4ccccc43)n2)CC1.FC(F)c1nc2ccccc2n1-c1nc(Cl)nc(N2CCOCC2)n1.FC(F)c1nc2ccccc2n1-c1nc(N2CCNCC2)nc(N2CCOCC2)n1. The number of halogens is 9. The van der Waals surface area contributed by atoms with Crippen LogP contribution in [0.5, 0.6) is 0 Å². The molecule has 12 aromatic rings. The van der Waals surface area contributed by atoms with Crippen LogP contribution in [0.3, 0.4) is 0 Å². The van der Waals surface area contributed by atoms with Crippen molar-refractivity contribution >= 4 is 109 Å². The number of imidazole rings is 4. The molecule has 1 N–H and O–H groups in total. The van der Waals surface area contributed by atoms with Crippen LogP contribution in [-0.4, -0.2) is 309 Å². The molecule has 0 saturated carbocycles. The summed E-state index contributed by atoms with van der Waals surface area (Å²) in [5.74, 6) is 1.33. The van der Waals surface area contributed by atoms with Gasteiger partial charge in [0.1, 0.15) is 5.60 Å². The van der Waals surface area contributed by atoms with Crippen molar-refractivity contribution in [1.82, 2.24) is 113 Å². The number of nitrogens with one attached hydrogen (secondary N) is 1. The summed E-state index contributed by atoms with van der Waals surface area (Å²) in [6, 6.07) is 27.6. The highest BCUT2D eigenvalue weighted by Crippen LogP contribution is 2.35. The number of aromatic nitrogens is 20. The molecule has 7 aliphatic heterocycles. The lowest BCUT2D eigenvalue weighted by Crippen LogP contribution is -2.50. The Bertz CT molecular complexity index is 5770. The molecule has 37 nitrogen and oxygen atoms in total. The highest BCUT2D eigenvalue weighted by atomic mass is 35.5. The number of carbonyl (C=O) groups is 2. The topological polar surface area (TPSA) is 347 Å². The third-order valence-electron chi connectivity index (χ3n) is 21.2. The Morgan fingerprint density at radius 2 is 0.587 bits per heavy atom.